The van der Waals surface area contributed by atoms with Crippen LogP contribution in [0.15, 0.2) is 42.5 Å². The molecule has 1 aromatic heterocycles. The average Bonchev–Trinajstić information content (AvgIpc) is 3.51. The van der Waals surface area contributed by atoms with Crippen molar-refractivity contribution in [3.05, 3.63) is 53.0 Å². The molecule has 0 spiro atoms. The van der Waals surface area contributed by atoms with Gasteiger partial charge in [-0.3, -0.25) is 9.69 Å². The molecule has 0 N–H and O–H groups in total. The van der Waals surface area contributed by atoms with Crippen LogP contribution in [0.4, 0.5) is 0 Å². The van der Waals surface area contributed by atoms with Crippen molar-refractivity contribution in [2.45, 2.75) is 44.2 Å². The van der Waals surface area contributed by atoms with Crippen LogP contribution < -0.4 is 9.47 Å². The van der Waals surface area contributed by atoms with Gasteiger partial charge in [0, 0.05) is 6.54 Å². The molecule has 2 fully saturated rings. The number of ether oxygens (including phenoxy) is 2. The molecule has 7 heteroatoms. The molecular formula is C26H29N3O3S. The number of rotatable bonds is 4. The van der Waals surface area contributed by atoms with Crippen molar-refractivity contribution in [2.75, 3.05) is 32.8 Å². The van der Waals surface area contributed by atoms with Gasteiger partial charge in [-0.15, -0.1) is 11.3 Å². The van der Waals surface area contributed by atoms with Crippen LogP contribution in [0.5, 0.6) is 11.5 Å². The molecule has 2 saturated heterocycles. The normalized spacial score (nSPS) is 23.2. The molecule has 0 radical (unpaired) electrons. The molecule has 6 rings (SSSR count). The number of piperidine rings is 1. The number of likely N-dealkylation sites (tertiary alicyclic amines) is 2. The standard InChI is InChI=1S/C26H29N3O3S/c30-25(29-13-5-8-20(29)18-10-11-22-23(16-18)32-15-14-31-22)17-28-12-4-3-7-21(28)26-27-19-6-1-2-9-24(19)33-26/h1-2,6,9-11,16,20-21H,3-5,7-8,12-15,17H2/t20-,21-/m1/s1. The highest BCUT2D eigenvalue weighted by molar-refractivity contribution is 7.18. The number of nitrogens with zero attached hydrogens (tertiary/aromatic N) is 3. The van der Waals surface area contributed by atoms with Gasteiger partial charge in [-0.2, -0.15) is 0 Å². The third-order valence-corrected chi connectivity index (χ3v) is 8.21. The van der Waals surface area contributed by atoms with Crippen molar-refractivity contribution in [1.82, 2.24) is 14.8 Å². The number of hydrogen-bond donors (Lipinski definition) is 0. The molecule has 172 valence electrons. The number of fused-ring (bicyclic) bond motifs is 2. The van der Waals surface area contributed by atoms with E-state index in [4.69, 9.17) is 14.5 Å². The smallest absolute Gasteiger partial charge is 0.237 e. The SMILES string of the molecule is O=C(CN1CCCC[C@@H]1c1nc2ccccc2s1)N1CCC[C@@H]1c1ccc2c(c1)OCCO2. The molecule has 3 aliphatic heterocycles. The molecule has 0 aliphatic carbocycles. The van der Waals surface area contributed by atoms with Gasteiger partial charge in [0.05, 0.1) is 28.8 Å². The molecule has 2 aromatic carbocycles. The first-order valence-corrected chi connectivity index (χ1v) is 12.9. The van der Waals surface area contributed by atoms with Crippen LogP contribution in [0.1, 0.15) is 54.8 Å². The topological polar surface area (TPSA) is 54.9 Å². The van der Waals surface area contributed by atoms with Crippen molar-refractivity contribution in [1.29, 1.82) is 0 Å². The van der Waals surface area contributed by atoms with Gasteiger partial charge < -0.3 is 14.4 Å². The van der Waals surface area contributed by atoms with Gasteiger partial charge in [0.2, 0.25) is 5.91 Å². The van der Waals surface area contributed by atoms with Crippen molar-refractivity contribution >= 4 is 27.5 Å². The molecular weight excluding hydrogens is 434 g/mol. The Morgan fingerprint density at radius 2 is 1.82 bits per heavy atom. The van der Waals surface area contributed by atoms with Crippen LogP contribution in [0.25, 0.3) is 10.2 Å². The lowest BCUT2D eigenvalue weighted by Crippen LogP contribution is -2.43. The van der Waals surface area contributed by atoms with Crippen molar-refractivity contribution in [2.24, 2.45) is 0 Å². The van der Waals surface area contributed by atoms with Gasteiger partial charge in [-0.1, -0.05) is 24.6 Å². The van der Waals surface area contributed by atoms with Gasteiger partial charge in [0.1, 0.15) is 18.2 Å². The highest BCUT2D eigenvalue weighted by atomic mass is 32.1. The van der Waals surface area contributed by atoms with Crippen molar-refractivity contribution in [3.8, 4) is 11.5 Å². The molecule has 0 bridgehead atoms. The van der Waals surface area contributed by atoms with E-state index in [1.54, 1.807) is 11.3 Å². The second kappa shape index (κ2) is 8.95. The van der Waals surface area contributed by atoms with Crippen molar-refractivity contribution in [3.63, 3.8) is 0 Å². The predicted molar refractivity (Wildman–Crippen MR) is 129 cm³/mol. The molecule has 2 atom stereocenters. The zero-order valence-corrected chi connectivity index (χ0v) is 19.6. The van der Waals surface area contributed by atoms with Gasteiger partial charge >= 0.3 is 0 Å². The first kappa shape index (κ1) is 20.9. The number of carbonyl (C=O) groups is 1. The summed E-state index contributed by atoms with van der Waals surface area (Å²) in [7, 11) is 0. The van der Waals surface area contributed by atoms with Gasteiger partial charge in [0.15, 0.2) is 11.5 Å². The Morgan fingerprint density at radius 1 is 0.970 bits per heavy atom. The summed E-state index contributed by atoms with van der Waals surface area (Å²) in [6.07, 6.45) is 5.42. The number of aromatic nitrogens is 1. The lowest BCUT2D eigenvalue weighted by atomic mass is 10.0. The minimum atomic E-state index is 0.110. The largest absolute Gasteiger partial charge is 0.486 e. The van der Waals surface area contributed by atoms with E-state index in [1.807, 2.05) is 12.1 Å². The summed E-state index contributed by atoms with van der Waals surface area (Å²) >= 11 is 1.77. The van der Waals surface area contributed by atoms with E-state index in [1.165, 1.54) is 11.1 Å². The van der Waals surface area contributed by atoms with Gasteiger partial charge in [-0.05, 0) is 62.1 Å². The lowest BCUT2D eigenvalue weighted by molar-refractivity contribution is -0.134. The highest BCUT2D eigenvalue weighted by Gasteiger charge is 2.34. The summed E-state index contributed by atoms with van der Waals surface area (Å²) in [5.74, 6) is 1.82. The Hall–Kier alpha value is -2.64. The number of carbonyl (C=O) groups excluding carboxylic acids is 1. The van der Waals surface area contributed by atoms with Crippen LogP contribution >= 0.6 is 11.3 Å². The van der Waals surface area contributed by atoms with Crippen LogP contribution in [0.3, 0.4) is 0 Å². The quantitative estimate of drug-likeness (QED) is 0.548. The zero-order chi connectivity index (χ0) is 22.2. The maximum atomic E-state index is 13.5. The Kier molecular flexibility index (Phi) is 5.68. The molecule has 6 nitrogen and oxygen atoms in total. The Morgan fingerprint density at radius 3 is 2.73 bits per heavy atom. The third-order valence-electron chi connectivity index (χ3n) is 7.07. The minimum Gasteiger partial charge on any atom is -0.486 e. The van der Waals surface area contributed by atoms with E-state index in [-0.39, 0.29) is 18.0 Å². The highest BCUT2D eigenvalue weighted by Crippen LogP contribution is 2.39. The molecule has 4 heterocycles. The molecule has 0 saturated carbocycles. The minimum absolute atomic E-state index is 0.110. The van der Waals surface area contributed by atoms with Crippen LogP contribution in [0, 0.1) is 0 Å². The Bertz CT molecular complexity index is 1130. The van der Waals surface area contributed by atoms with E-state index < -0.39 is 0 Å². The van der Waals surface area contributed by atoms with Crippen molar-refractivity contribution < 1.29 is 14.3 Å². The van der Waals surface area contributed by atoms with E-state index in [0.717, 1.165) is 66.4 Å². The second-order valence-electron chi connectivity index (χ2n) is 9.15. The van der Waals surface area contributed by atoms with Crippen LogP contribution in [0.2, 0.25) is 0 Å². The van der Waals surface area contributed by atoms with E-state index in [2.05, 4.69) is 40.1 Å². The first-order chi connectivity index (χ1) is 16.3. The second-order valence-corrected chi connectivity index (χ2v) is 10.2. The van der Waals surface area contributed by atoms with E-state index >= 15 is 0 Å². The zero-order valence-electron chi connectivity index (χ0n) is 18.7. The molecule has 33 heavy (non-hydrogen) atoms. The first-order valence-electron chi connectivity index (χ1n) is 12.0. The molecule has 3 aliphatic rings. The maximum absolute atomic E-state index is 13.5. The van der Waals surface area contributed by atoms with Crippen LogP contribution in [-0.2, 0) is 4.79 Å². The summed E-state index contributed by atoms with van der Waals surface area (Å²) < 4.78 is 12.7. The van der Waals surface area contributed by atoms with Gasteiger partial charge in [-0.25, -0.2) is 4.98 Å². The summed E-state index contributed by atoms with van der Waals surface area (Å²) in [6, 6.07) is 14.8. The average molecular weight is 464 g/mol. The fourth-order valence-corrected chi connectivity index (χ4v) is 6.57. The molecule has 1 amide bonds. The Balaban J connectivity index is 1.20. The predicted octanol–water partition coefficient (Wildman–Crippen LogP) is 4.96. The Labute approximate surface area is 198 Å². The maximum Gasteiger partial charge on any atom is 0.237 e. The monoisotopic (exact) mass is 463 g/mol. The number of amides is 1. The van der Waals surface area contributed by atoms with E-state index in [0.29, 0.717) is 19.8 Å². The summed E-state index contributed by atoms with van der Waals surface area (Å²) in [5, 5.41) is 1.15. The molecule has 0 unspecified atom stereocenters. The van der Waals surface area contributed by atoms with E-state index in [9.17, 15) is 4.79 Å². The fourth-order valence-electron chi connectivity index (χ4n) is 5.44. The van der Waals surface area contributed by atoms with Gasteiger partial charge in [0.25, 0.3) is 0 Å². The number of benzene rings is 2. The number of thiazole rings is 1. The lowest BCUT2D eigenvalue weighted by Gasteiger charge is -2.36. The molecule has 3 aromatic rings. The summed E-state index contributed by atoms with van der Waals surface area (Å²) in [6.45, 7) is 3.39. The number of para-hydroxylation sites is 1. The number of hydrogen-bond acceptors (Lipinski definition) is 6. The van der Waals surface area contributed by atoms with Crippen LogP contribution in [-0.4, -0.2) is 53.5 Å². The third kappa shape index (κ3) is 4.08. The summed E-state index contributed by atoms with van der Waals surface area (Å²) in [4.78, 5) is 22.9. The summed E-state index contributed by atoms with van der Waals surface area (Å²) in [5.41, 5.74) is 2.21. The fraction of sp³-hybridized carbons (Fsp3) is 0.462.